The van der Waals surface area contributed by atoms with E-state index < -0.39 is 0 Å². The summed E-state index contributed by atoms with van der Waals surface area (Å²) < 4.78 is 0. The molecule has 0 saturated carbocycles. The molecule has 0 heterocycles. The Labute approximate surface area is 178 Å². The van der Waals surface area contributed by atoms with Crippen molar-refractivity contribution in [1.29, 1.82) is 0 Å². The van der Waals surface area contributed by atoms with E-state index >= 15 is 0 Å². The quantitative estimate of drug-likeness (QED) is 0.238. The largest absolute Gasteiger partial charge is 0.336 e. The van der Waals surface area contributed by atoms with Crippen LogP contribution in [0, 0.1) is 0 Å². The lowest BCUT2D eigenvalue weighted by atomic mass is 9.96. The lowest BCUT2D eigenvalue weighted by Crippen LogP contribution is -2.19. The highest BCUT2D eigenvalue weighted by molar-refractivity contribution is 5.82. The van der Waals surface area contributed by atoms with Gasteiger partial charge in [0.1, 0.15) is 6.10 Å². The van der Waals surface area contributed by atoms with Crippen molar-refractivity contribution < 1.29 is 9.78 Å². The summed E-state index contributed by atoms with van der Waals surface area (Å²) in [5.74, 6) is 0.942. The van der Waals surface area contributed by atoms with E-state index in [0.29, 0.717) is 0 Å². The van der Waals surface area contributed by atoms with Gasteiger partial charge >= 0.3 is 0 Å². The van der Waals surface area contributed by atoms with Crippen LogP contribution in [0.1, 0.15) is 25.3 Å². The maximum Gasteiger partial charge on any atom is 0.181 e. The molecule has 0 aliphatic heterocycles. The molecule has 150 valence electrons. The van der Waals surface area contributed by atoms with Crippen molar-refractivity contribution in [2.75, 3.05) is 0 Å². The van der Waals surface area contributed by atoms with Gasteiger partial charge in [-0.15, -0.1) is 0 Å². The van der Waals surface area contributed by atoms with Gasteiger partial charge in [0.2, 0.25) is 0 Å². The Kier molecular flexibility index (Phi) is 6.26. The molecule has 4 rings (SSSR count). The predicted molar refractivity (Wildman–Crippen MR) is 123 cm³/mol. The van der Waals surface area contributed by atoms with Gasteiger partial charge < -0.3 is 4.89 Å². The van der Waals surface area contributed by atoms with Gasteiger partial charge in [-0.3, -0.25) is 0 Å². The molecule has 0 bridgehead atoms. The topological polar surface area (TPSA) is 18.5 Å². The number of rotatable bonds is 7. The van der Waals surface area contributed by atoms with Gasteiger partial charge in [0.05, 0.1) is 0 Å². The first-order valence-electron chi connectivity index (χ1n) is 10.4. The van der Waals surface area contributed by atoms with Crippen LogP contribution in [0.4, 0.5) is 0 Å². The summed E-state index contributed by atoms with van der Waals surface area (Å²) in [4.78, 5) is 12.1. The molecule has 2 nitrogen and oxygen atoms in total. The van der Waals surface area contributed by atoms with E-state index in [1.165, 1.54) is 5.56 Å². The highest BCUT2D eigenvalue weighted by atomic mass is 17.2. The van der Waals surface area contributed by atoms with Gasteiger partial charge in [0.15, 0.2) is 5.75 Å². The van der Waals surface area contributed by atoms with Crippen molar-refractivity contribution in [3.63, 3.8) is 0 Å². The van der Waals surface area contributed by atoms with Crippen LogP contribution in [0.25, 0.3) is 22.3 Å². The summed E-state index contributed by atoms with van der Waals surface area (Å²) in [7, 11) is 0. The Balaban J connectivity index is 1.67. The van der Waals surface area contributed by atoms with Crippen LogP contribution in [0.3, 0.4) is 0 Å². The van der Waals surface area contributed by atoms with Crippen LogP contribution in [0.5, 0.6) is 5.75 Å². The second kappa shape index (κ2) is 9.43. The van der Waals surface area contributed by atoms with E-state index in [-0.39, 0.29) is 12.0 Å². The lowest BCUT2D eigenvalue weighted by Gasteiger charge is -2.22. The zero-order chi connectivity index (χ0) is 20.8. The van der Waals surface area contributed by atoms with Crippen molar-refractivity contribution in [2.45, 2.75) is 25.9 Å². The molecular weight excluding hydrogens is 368 g/mol. The third-order valence-corrected chi connectivity index (χ3v) is 5.50. The highest BCUT2D eigenvalue weighted by Gasteiger charge is 2.19. The van der Waals surface area contributed by atoms with E-state index in [1.807, 2.05) is 49.4 Å². The monoisotopic (exact) mass is 394 g/mol. The van der Waals surface area contributed by atoms with Crippen LogP contribution in [0.15, 0.2) is 109 Å². The van der Waals surface area contributed by atoms with Crippen LogP contribution in [0.2, 0.25) is 0 Å². The minimum Gasteiger partial charge on any atom is -0.336 e. The molecule has 0 saturated heterocycles. The predicted octanol–water partition coefficient (Wildman–Crippen LogP) is 7.52. The molecule has 0 aliphatic rings. The van der Waals surface area contributed by atoms with Gasteiger partial charge in [-0.1, -0.05) is 116 Å². The molecule has 0 amide bonds. The summed E-state index contributed by atoms with van der Waals surface area (Å²) >= 11 is 0. The standard InChI is InChI=1S/C28H26O2/c1-21(23-13-6-3-7-14-23)22(2)29-30-28-26(24-15-8-4-9-16-24)19-12-20-27(28)25-17-10-5-11-18-25/h3-22H,1-2H3. The van der Waals surface area contributed by atoms with Gasteiger partial charge in [0, 0.05) is 17.0 Å². The molecule has 0 spiro atoms. The van der Waals surface area contributed by atoms with E-state index in [0.717, 1.165) is 28.0 Å². The summed E-state index contributed by atoms with van der Waals surface area (Å²) in [5, 5.41) is 0. The van der Waals surface area contributed by atoms with Gasteiger partial charge in [0.25, 0.3) is 0 Å². The maximum atomic E-state index is 6.08. The normalized spacial score (nSPS) is 12.9. The molecule has 0 fully saturated rings. The molecule has 2 atom stereocenters. The maximum absolute atomic E-state index is 6.08. The van der Waals surface area contributed by atoms with E-state index in [2.05, 4.69) is 73.7 Å². The van der Waals surface area contributed by atoms with Crippen LogP contribution >= 0.6 is 0 Å². The Morgan fingerprint density at radius 2 is 1.00 bits per heavy atom. The second-order valence-corrected chi connectivity index (χ2v) is 7.50. The van der Waals surface area contributed by atoms with Crippen molar-refractivity contribution in [3.05, 3.63) is 115 Å². The zero-order valence-corrected chi connectivity index (χ0v) is 17.4. The minimum atomic E-state index is -0.111. The molecule has 4 aromatic rings. The summed E-state index contributed by atoms with van der Waals surface area (Å²) in [6.07, 6.45) is -0.111. The molecule has 2 unspecified atom stereocenters. The molecule has 0 radical (unpaired) electrons. The van der Waals surface area contributed by atoms with Crippen molar-refractivity contribution >= 4 is 0 Å². The first kappa shape index (κ1) is 19.9. The van der Waals surface area contributed by atoms with Crippen LogP contribution in [-0.4, -0.2) is 6.10 Å². The molecule has 30 heavy (non-hydrogen) atoms. The van der Waals surface area contributed by atoms with Gasteiger partial charge in [-0.25, -0.2) is 0 Å². The summed E-state index contributed by atoms with van der Waals surface area (Å²) in [6, 6.07) is 37.1. The average molecular weight is 395 g/mol. The molecule has 0 N–H and O–H groups in total. The van der Waals surface area contributed by atoms with Crippen LogP contribution < -0.4 is 4.89 Å². The van der Waals surface area contributed by atoms with E-state index in [4.69, 9.17) is 9.78 Å². The zero-order valence-electron chi connectivity index (χ0n) is 17.4. The van der Waals surface area contributed by atoms with Gasteiger partial charge in [-0.2, -0.15) is 4.89 Å². The van der Waals surface area contributed by atoms with E-state index in [9.17, 15) is 0 Å². The Bertz CT molecular complexity index is 1000. The summed E-state index contributed by atoms with van der Waals surface area (Å²) in [5.41, 5.74) is 5.44. The average Bonchev–Trinajstić information content (AvgIpc) is 2.83. The molecule has 2 heteroatoms. The molecule has 4 aromatic carbocycles. The molecule has 0 aliphatic carbocycles. The first-order chi connectivity index (χ1) is 14.7. The van der Waals surface area contributed by atoms with E-state index in [1.54, 1.807) is 0 Å². The lowest BCUT2D eigenvalue weighted by molar-refractivity contribution is -0.243. The highest BCUT2D eigenvalue weighted by Crippen LogP contribution is 2.39. The fourth-order valence-corrected chi connectivity index (χ4v) is 3.55. The minimum absolute atomic E-state index is 0.111. The van der Waals surface area contributed by atoms with Gasteiger partial charge in [-0.05, 0) is 23.6 Å². The van der Waals surface area contributed by atoms with Crippen molar-refractivity contribution in [2.24, 2.45) is 0 Å². The first-order valence-corrected chi connectivity index (χ1v) is 10.4. The Hall–Kier alpha value is -3.36. The second-order valence-electron chi connectivity index (χ2n) is 7.50. The van der Waals surface area contributed by atoms with Crippen LogP contribution in [-0.2, 0) is 4.89 Å². The number of para-hydroxylation sites is 1. The Morgan fingerprint density at radius 1 is 0.533 bits per heavy atom. The van der Waals surface area contributed by atoms with Crippen molar-refractivity contribution in [3.8, 4) is 28.0 Å². The SMILES string of the molecule is CC(OOc1c(-c2ccccc2)cccc1-c1ccccc1)C(C)c1ccccc1. The molecular formula is C28H26O2. The smallest absolute Gasteiger partial charge is 0.181 e. The van der Waals surface area contributed by atoms with Crippen molar-refractivity contribution in [1.82, 2.24) is 0 Å². The number of benzene rings is 4. The fourth-order valence-electron chi connectivity index (χ4n) is 3.55. The number of hydrogen-bond acceptors (Lipinski definition) is 2. The molecule has 0 aromatic heterocycles. The fraction of sp³-hybridized carbons (Fsp3) is 0.143. The summed E-state index contributed by atoms with van der Waals surface area (Å²) in [6.45, 7) is 4.20. The number of hydrogen-bond donors (Lipinski definition) is 0. The third kappa shape index (κ3) is 4.45. The third-order valence-electron chi connectivity index (χ3n) is 5.50. The Morgan fingerprint density at radius 3 is 1.50 bits per heavy atom.